The molecule has 6 heteroatoms. The van der Waals surface area contributed by atoms with E-state index in [-0.39, 0.29) is 30.6 Å². The largest absolute Gasteiger partial charge is 0.484 e. The molecule has 0 aromatic heterocycles. The van der Waals surface area contributed by atoms with Gasteiger partial charge in [0.05, 0.1) is 0 Å². The predicted octanol–water partition coefficient (Wildman–Crippen LogP) is 2.75. The van der Waals surface area contributed by atoms with E-state index in [0.717, 1.165) is 0 Å². The first-order valence-electron chi connectivity index (χ1n) is 8.28. The van der Waals surface area contributed by atoms with Gasteiger partial charge in [0.1, 0.15) is 11.9 Å². The lowest BCUT2D eigenvalue weighted by molar-refractivity contribution is -0.124. The first-order valence-corrected chi connectivity index (χ1v) is 8.66. The van der Waals surface area contributed by atoms with Crippen molar-refractivity contribution in [3.05, 3.63) is 64.7 Å². The highest BCUT2D eigenvalue weighted by Gasteiger charge is 2.35. The highest BCUT2D eigenvalue weighted by Crippen LogP contribution is 2.26. The maximum absolute atomic E-state index is 12.3. The van der Waals surface area contributed by atoms with E-state index in [1.807, 2.05) is 6.07 Å². The molecule has 1 saturated heterocycles. The second kappa shape index (κ2) is 7.87. The summed E-state index contributed by atoms with van der Waals surface area (Å²) in [5, 5.41) is 3.57. The SMILES string of the molecule is Cc1cccc(C2C(C)NNC2NC(=O)COc2cccc(Cl)c2)c1. The minimum Gasteiger partial charge on any atom is -0.484 e. The molecule has 132 valence electrons. The Morgan fingerprint density at radius 1 is 1.20 bits per heavy atom. The van der Waals surface area contributed by atoms with Gasteiger partial charge in [0, 0.05) is 17.0 Å². The molecule has 3 rings (SSSR count). The lowest BCUT2D eigenvalue weighted by Gasteiger charge is -2.23. The second-order valence-corrected chi connectivity index (χ2v) is 6.74. The van der Waals surface area contributed by atoms with Crippen LogP contribution in [0.4, 0.5) is 0 Å². The molecule has 0 bridgehead atoms. The van der Waals surface area contributed by atoms with Crippen molar-refractivity contribution in [3.8, 4) is 5.75 Å². The van der Waals surface area contributed by atoms with Crippen molar-refractivity contribution in [2.45, 2.75) is 32.0 Å². The number of rotatable bonds is 5. The molecule has 0 aliphatic carbocycles. The summed E-state index contributed by atoms with van der Waals surface area (Å²) in [5.74, 6) is 0.518. The number of nitrogens with one attached hydrogen (secondary N) is 3. The third kappa shape index (κ3) is 4.51. The van der Waals surface area contributed by atoms with Crippen molar-refractivity contribution < 1.29 is 9.53 Å². The summed E-state index contributed by atoms with van der Waals surface area (Å²) in [4.78, 5) is 12.3. The van der Waals surface area contributed by atoms with E-state index in [2.05, 4.69) is 48.2 Å². The molecule has 0 saturated carbocycles. The molecule has 1 aliphatic heterocycles. The number of carbonyl (C=O) groups is 1. The summed E-state index contributed by atoms with van der Waals surface area (Å²) in [7, 11) is 0. The number of carbonyl (C=O) groups excluding carboxylic acids is 1. The number of halogens is 1. The fraction of sp³-hybridized carbons (Fsp3) is 0.316. The maximum atomic E-state index is 12.3. The highest BCUT2D eigenvalue weighted by atomic mass is 35.5. The van der Waals surface area contributed by atoms with Gasteiger partial charge < -0.3 is 10.1 Å². The molecule has 5 nitrogen and oxygen atoms in total. The van der Waals surface area contributed by atoms with E-state index < -0.39 is 0 Å². The number of ether oxygens (including phenoxy) is 1. The fourth-order valence-corrected chi connectivity index (χ4v) is 3.27. The van der Waals surface area contributed by atoms with Gasteiger partial charge in [0.2, 0.25) is 0 Å². The van der Waals surface area contributed by atoms with Gasteiger partial charge in [-0.05, 0) is 37.6 Å². The molecule has 2 aromatic rings. The van der Waals surface area contributed by atoms with Crippen molar-refractivity contribution in [1.82, 2.24) is 16.2 Å². The van der Waals surface area contributed by atoms with Gasteiger partial charge in [0.25, 0.3) is 5.91 Å². The topological polar surface area (TPSA) is 62.4 Å². The lowest BCUT2D eigenvalue weighted by Crippen LogP contribution is -2.47. The average Bonchev–Trinajstić information content (AvgIpc) is 2.93. The van der Waals surface area contributed by atoms with Crippen molar-refractivity contribution in [3.63, 3.8) is 0 Å². The minimum atomic E-state index is -0.202. The smallest absolute Gasteiger partial charge is 0.259 e. The van der Waals surface area contributed by atoms with Gasteiger partial charge in [0.15, 0.2) is 6.61 Å². The van der Waals surface area contributed by atoms with Gasteiger partial charge in [-0.15, -0.1) is 0 Å². The van der Waals surface area contributed by atoms with Gasteiger partial charge in [-0.2, -0.15) is 0 Å². The third-order valence-electron chi connectivity index (χ3n) is 4.27. The molecule has 1 fully saturated rings. The Bertz CT molecular complexity index is 753. The van der Waals surface area contributed by atoms with Gasteiger partial charge in [-0.3, -0.25) is 10.2 Å². The van der Waals surface area contributed by atoms with Crippen molar-refractivity contribution in [2.75, 3.05) is 6.61 Å². The molecule has 3 unspecified atom stereocenters. The Balaban J connectivity index is 1.61. The van der Waals surface area contributed by atoms with E-state index in [4.69, 9.17) is 16.3 Å². The van der Waals surface area contributed by atoms with E-state index >= 15 is 0 Å². The Hall–Kier alpha value is -2.08. The average molecular weight is 360 g/mol. The molecular weight excluding hydrogens is 338 g/mol. The van der Waals surface area contributed by atoms with Crippen LogP contribution < -0.4 is 20.9 Å². The zero-order valence-corrected chi connectivity index (χ0v) is 15.0. The third-order valence-corrected chi connectivity index (χ3v) is 4.51. The van der Waals surface area contributed by atoms with Gasteiger partial charge >= 0.3 is 0 Å². The summed E-state index contributed by atoms with van der Waals surface area (Å²) < 4.78 is 5.50. The fourth-order valence-electron chi connectivity index (χ4n) is 3.09. The number of hydrogen-bond donors (Lipinski definition) is 3. The summed E-state index contributed by atoms with van der Waals surface area (Å²) in [5.41, 5.74) is 8.74. The first-order chi connectivity index (χ1) is 12.0. The van der Waals surface area contributed by atoms with Gasteiger partial charge in [-0.25, -0.2) is 5.43 Å². The Morgan fingerprint density at radius 2 is 2.00 bits per heavy atom. The van der Waals surface area contributed by atoms with Crippen molar-refractivity contribution in [1.29, 1.82) is 0 Å². The quantitative estimate of drug-likeness (QED) is 0.768. The summed E-state index contributed by atoms with van der Waals surface area (Å²) in [6.45, 7) is 4.10. The summed E-state index contributed by atoms with van der Waals surface area (Å²) in [6, 6.07) is 15.5. The zero-order chi connectivity index (χ0) is 17.8. The van der Waals surface area contributed by atoms with E-state index in [1.54, 1.807) is 24.3 Å². The molecule has 25 heavy (non-hydrogen) atoms. The standard InChI is InChI=1S/C19H22ClN3O2/c1-12-5-3-6-14(9-12)18-13(2)22-23-19(18)21-17(24)11-25-16-8-4-7-15(20)10-16/h3-10,13,18-19,22-23H,11H2,1-2H3,(H,21,24). The molecule has 1 heterocycles. The maximum Gasteiger partial charge on any atom is 0.259 e. The van der Waals surface area contributed by atoms with Crippen LogP contribution in [0.1, 0.15) is 24.0 Å². The molecule has 2 aromatic carbocycles. The molecule has 1 aliphatic rings. The van der Waals surface area contributed by atoms with E-state index in [0.29, 0.717) is 10.8 Å². The lowest BCUT2D eigenvalue weighted by atomic mass is 9.90. The highest BCUT2D eigenvalue weighted by molar-refractivity contribution is 6.30. The second-order valence-electron chi connectivity index (χ2n) is 6.31. The van der Waals surface area contributed by atoms with Crippen LogP contribution in [0.3, 0.4) is 0 Å². The number of aryl methyl sites for hydroxylation is 1. The summed E-state index contributed by atoms with van der Waals surface area (Å²) >= 11 is 5.91. The number of hydrazine groups is 1. The van der Waals surface area contributed by atoms with Gasteiger partial charge in [-0.1, -0.05) is 47.5 Å². The minimum absolute atomic E-state index is 0.0621. The predicted molar refractivity (Wildman–Crippen MR) is 98.5 cm³/mol. The first kappa shape index (κ1) is 17.7. The molecule has 1 amide bonds. The summed E-state index contributed by atoms with van der Waals surface area (Å²) in [6.07, 6.45) is -0.202. The van der Waals surface area contributed by atoms with Crippen LogP contribution in [0.25, 0.3) is 0 Å². The Labute approximate surface area is 152 Å². The Morgan fingerprint density at radius 3 is 2.76 bits per heavy atom. The van der Waals surface area contributed by atoms with Crippen LogP contribution in [0.5, 0.6) is 5.75 Å². The van der Waals surface area contributed by atoms with E-state index in [9.17, 15) is 4.79 Å². The monoisotopic (exact) mass is 359 g/mol. The van der Waals surface area contributed by atoms with Crippen molar-refractivity contribution >= 4 is 17.5 Å². The molecule has 0 radical (unpaired) electrons. The van der Waals surface area contributed by atoms with Crippen LogP contribution in [-0.4, -0.2) is 24.7 Å². The Kier molecular flexibility index (Phi) is 5.58. The number of hydrogen-bond acceptors (Lipinski definition) is 4. The van der Waals surface area contributed by atoms with E-state index in [1.165, 1.54) is 11.1 Å². The number of amides is 1. The molecular formula is C19H22ClN3O2. The van der Waals surface area contributed by atoms with Crippen molar-refractivity contribution in [2.24, 2.45) is 0 Å². The molecule has 0 spiro atoms. The molecule has 3 N–H and O–H groups in total. The van der Waals surface area contributed by atoms with Crippen LogP contribution in [0.15, 0.2) is 48.5 Å². The normalized spacial score (nSPS) is 22.6. The van der Waals surface area contributed by atoms with Crippen LogP contribution in [0, 0.1) is 6.92 Å². The molecule has 3 atom stereocenters. The van der Waals surface area contributed by atoms with Crippen LogP contribution >= 0.6 is 11.6 Å². The van der Waals surface area contributed by atoms with Crippen LogP contribution in [-0.2, 0) is 4.79 Å². The zero-order valence-electron chi connectivity index (χ0n) is 14.3. The van der Waals surface area contributed by atoms with Crippen LogP contribution in [0.2, 0.25) is 5.02 Å². The number of benzene rings is 2.